The highest BCUT2D eigenvalue weighted by atomic mass is 31.2. The van der Waals surface area contributed by atoms with Crippen LogP contribution in [0.4, 0.5) is 0 Å². The molecule has 0 saturated heterocycles. The zero-order valence-electron chi connectivity index (χ0n) is 28.4. The molecule has 0 fully saturated rings. The summed E-state index contributed by atoms with van der Waals surface area (Å²) in [5, 5.41) is 21.6. The number of esters is 1. The molecule has 0 aromatic heterocycles. The van der Waals surface area contributed by atoms with Crippen LogP contribution in [0.15, 0.2) is 24.3 Å². The van der Waals surface area contributed by atoms with E-state index in [2.05, 4.69) is 43.5 Å². The maximum atomic E-state index is 12.1. The van der Waals surface area contributed by atoms with E-state index in [0.717, 1.165) is 64.2 Å². The van der Waals surface area contributed by atoms with E-state index in [1.165, 1.54) is 38.5 Å². The van der Waals surface area contributed by atoms with Gasteiger partial charge >= 0.3 is 19.8 Å². The lowest BCUT2D eigenvalue weighted by molar-refractivity contribution is -0.147. The van der Waals surface area contributed by atoms with Crippen molar-refractivity contribution in [3.63, 3.8) is 0 Å². The van der Waals surface area contributed by atoms with Crippen LogP contribution in [-0.4, -0.2) is 64.9 Å². The minimum Gasteiger partial charge on any atom is -0.480 e. The Hall–Kier alpha value is -2.04. The average Bonchev–Trinajstić information content (AvgIpc) is 3.02. The number of carbonyl (C=O) groups is 3. The number of phosphoric acid groups is 1. The summed E-state index contributed by atoms with van der Waals surface area (Å²) in [6.45, 7) is 2.45. The number of hydrogen-bond acceptors (Lipinski definition) is 8. The molecular weight excluding hydrogens is 613 g/mol. The summed E-state index contributed by atoms with van der Waals surface area (Å²) in [5.41, 5.74) is 0. The number of carboxylic acid groups (broad SMARTS) is 1. The number of aliphatic carboxylic acids is 1. The topological polar surface area (TPSA) is 169 Å². The van der Waals surface area contributed by atoms with Gasteiger partial charge in [0.1, 0.15) is 12.7 Å². The van der Waals surface area contributed by atoms with Crippen LogP contribution in [0, 0.1) is 0 Å². The summed E-state index contributed by atoms with van der Waals surface area (Å²) >= 11 is 0. The number of rotatable bonds is 32. The van der Waals surface area contributed by atoms with Crippen LogP contribution in [0.2, 0.25) is 0 Å². The Morgan fingerprint density at radius 2 is 1.22 bits per heavy atom. The minimum absolute atomic E-state index is 0.145. The fourth-order valence-electron chi connectivity index (χ4n) is 4.45. The van der Waals surface area contributed by atoms with Crippen molar-refractivity contribution in [1.82, 2.24) is 5.32 Å². The van der Waals surface area contributed by atoms with Crippen molar-refractivity contribution >= 4 is 25.7 Å². The van der Waals surface area contributed by atoms with E-state index >= 15 is 0 Å². The first-order valence-corrected chi connectivity index (χ1v) is 18.9. The van der Waals surface area contributed by atoms with Crippen molar-refractivity contribution in [2.24, 2.45) is 0 Å². The van der Waals surface area contributed by atoms with Gasteiger partial charge in [0, 0.05) is 12.8 Å². The van der Waals surface area contributed by atoms with E-state index in [1.807, 2.05) is 0 Å². The molecular formula is C34H62NO10P. The molecule has 4 N–H and O–H groups in total. The number of carboxylic acids is 1. The number of carbonyl (C=O) groups excluding carboxylic acids is 2. The van der Waals surface area contributed by atoms with Gasteiger partial charge in [0.15, 0.2) is 6.04 Å². The highest BCUT2D eigenvalue weighted by Gasteiger charge is 2.28. The summed E-state index contributed by atoms with van der Waals surface area (Å²) in [6, 6.07) is -1.54. The van der Waals surface area contributed by atoms with Crippen molar-refractivity contribution in [3.8, 4) is 0 Å². The Kier molecular flexibility index (Phi) is 29.0. The number of aliphatic hydroxyl groups is 1. The van der Waals surface area contributed by atoms with E-state index in [-0.39, 0.29) is 12.8 Å². The van der Waals surface area contributed by atoms with Crippen LogP contribution in [0.5, 0.6) is 0 Å². The van der Waals surface area contributed by atoms with E-state index in [0.29, 0.717) is 12.8 Å². The third kappa shape index (κ3) is 29.4. The van der Waals surface area contributed by atoms with Gasteiger partial charge in [-0.05, 0) is 38.5 Å². The number of unbranched alkanes of at least 4 members (excludes halogenated alkanes) is 14. The molecule has 0 radical (unpaired) electrons. The Labute approximate surface area is 277 Å². The summed E-state index contributed by atoms with van der Waals surface area (Å²) in [6.07, 6.45) is 26.6. The van der Waals surface area contributed by atoms with Crippen molar-refractivity contribution in [1.29, 1.82) is 0 Å². The number of ether oxygens (including phenoxy) is 1. The molecule has 0 heterocycles. The molecule has 0 saturated carbocycles. The quantitative estimate of drug-likeness (QED) is 0.0242. The number of hydrogen-bond donors (Lipinski definition) is 4. The second-order valence-corrected chi connectivity index (χ2v) is 13.2. The molecule has 12 heteroatoms. The Morgan fingerprint density at radius 3 is 1.83 bits per heavy atom. The molecule has 11 nitrogen and oxygen atoms in total. The van der Waals surface area contributed by atoms with Crippen LogP contribution in [0.25, 0.3) is 0 Å². The Morgan fingerprint density at radius 1 is 0.696 bits per heavy atom. The van der Waals surface area contributed by atoms with Gasteiger partial charge in [0.05, 0.1) is 13.2 Å². The maximum absolute atomic E-state index is 12.1. The second-order valence-electron chi connectivity index (χ2n) is 11.7. The Balaban J connectivity index is 4.00. The molecule has 46 heavy (non-hydrogen) atoms. The Bertz CT molecular complexity index is 895. The molecule has 3 atom stereocenters. The molecule has 0 aliphatic rings. The normalized spacial score (nSPS) is 14.3. The smallest absolute Gasteiger partial charge is 0.472 e. The lowest BCUT2D eigenvalue weighted by Gasteiger charge is -2.18. The van der Waals surface area contributed by atoms with E-state index in [9.17, 15) is 34.1 Å². The SMILES string of the molecule is CCCC/C=C\C/C=C\CCCCCCCC(=O)OCC(O)COP(=O)(O)OCC(NC(=O)CCCCCCCCCC)C(=O)O. The number of amides is 1. The third-order valence-electron chi connectivity index (χ3n) is 7.24. The molecule has 0 aromatic carbocycles. The molecule has 1 amide bonds. The first kappa shape index (κ1) is 44.0. The van der Waals surface area contributed by atoms with E-state index in [1.54, 1.807) is 0 Å². The van der Waals surface area contributed by atoms with Gasteiger partial charge in [-0.1, -0.05) is 115 Å². The molecule has 0 bridgehead atoms. The van der Waals surface area contributed by atoms with Crippen molar-refractivity contribution < 1.29 is 47.8 Å². The molecule has 0 rings (SSSR count). The van der Waals surface area contributed by atoms with Gasteiger partial charge in [-0.15, -0.1) is 0 Å². The predicted octanol–water partition coefficient (Wildman–Crippen LogP) is 7.55. The number of allylic oxidation sites excluding steroid dienone is 4. The number of phosphoric ester groups is 1. The summed E-state index contributed by atoms with van der Waals surface area (Å²) in [5.74, 6) is -2.40. The first-order chi connectivity index (χ1) is 22.1. The number of nitrogens with one attached hydrogen (secondary N) is 1. The lowest BCUT2D eigenvalue weighted by Crippen LogP contribution is -2.43. The standard InChI is InChI=1S/C34H62NO10P/c1-3-5-7-9-11-13-14-15-16-17-18-20-22-24-26-33(38)43-27-30(36)28-44-46(41,42)45-29-31(34(39)40)35-32(37)25-23-21-19-12-10-8-6-4-2/h9,11,14-15,30-31,36H,3-8,10,12-13,16-29H2,1-2H3,(H,35,37)(H,39,40)(H,41,42)/b11-9-,15-14-. The summed E-state index contributed by atoms with van der Waals surface area (Å²) in [7, 11) is -4.74. The first-order valence-electron chi connectivity index (χ1n) is 17.4. The average molecular weight is 676 g/mol. The van der Waals surface area contributed by atoms with Crippen LogP contribution in [-0.2, 0) is 32.7 Å². The van der Waals surface area contributed by atoms with Gasteiger partial charge < -0.3 is 25.2 Å². The molecule has 0 aliphatic carbocycles. The predicted molar refractivity (Wildman–Crippen MR) is 180 cm³/mol. The van der Waals surface area contributed by atoms with Gasteiger partial charge in [0.2, 0.25) is 5.91 Å². The molecule has 3 unspecified atom stereocenters. The van der Waals surface area contributed by atoms with Gasteiger partial charge in [-0.3, -0.25) is 18.6 Å². The van der Waals surface area contributed by atoms with Crippen LogP contribution in [0.3, 0.4) is 0 Å². The van der Waals surface area contributed by atoms with Gasteiger partial charge in [-0.25, -0.2) is 9.36 Å². The van der Waals surface area contributed by atoms with E-state index in [4.69, 9.17) is 13.8 Å². The highest BCUT2D eigenvalue weighted by molar-refractivity contribution is 7.47. The van der Waals surface area contributed by atoms with Crippen molar-refractivity contribution in [3.05, 3.63) is 24.3 Å². The second kappa shape index (κ2) is 30.3. The zero-order chi connectivity index (χ0) is 34.3. The third-order valence-corrected chi connectivity index (χ3v) is 8.19. The van der Waals surface area contributed by atoms with Crippen molar-refractivity contribution in [2.75, 3.05) is 19.8 Å². The zero-order valence-corrected chi connectivity index (χ0v) is 29.3. The molecule has 268 valence electrons. The van der Waals surface area contributed by atoms with Gasteiger partial charge in [-0.2, -0.15) is 0 Å². The maximum Gasteiger partial charge on any atom is 0.472 e. The molecule has 0 aliphatic heterocycles. The number of aliphatic hydroxyl groups excluding tert-OH is 1. The monoisotopic (exact) mass is 675 g/mol. The van der Waals surface area contributed by atoms with E-state index < -0.39 is 57.6 Å². The fraction of sp³-hybridized carbons (Fsp3) is 0.794. The highest BCUT2D eigenvalue weighted by Crippen LogP contribution is 2.43. The largest absolute Gasteiger partial charge is 0.480 e. The van der Waals surface area contributed by atoms with Gasteiger partial charge in [0.25, 0.3) is 0 Å². The molecule has 0 aromatic rings. The fourth-order valence-corrected chi connectivity index (χ4v) is 5.22. The van der Waals surface area contributed by atoms with Crippen LogP contribution in [0.1, 0.15) is 142 Å². The minimum atomic E-state index is -4.74. The summed E-state index contributed by atoms with van der Waals surface area (Å²) in [4.78, 5) is 45.4. The van der Waals surface area contributed by atoms with Crippen LogP contribution >= 0.6 is 7.82 Å². The van der Waals surface area contributed by atoms with Crippen molar-refractivity contribution in [2.45, 2.75) is 154 Å². The summed E-state index contributed by atoms with van der Waals surface area (Å²) < 4.78 is 26.6. The van der Waals surface area contributed by atoms with Crippen LogP contribution < -0.4 is 5.32 Å². The molecule has 0 spiro atoms. The lowest BCUT2D eigenvalue weighted by atomic mass is 10.1.